The minimum Gasteiger partial charge on any atom is -0.462 e. The lowest BCUT2D eigenvalue weighted by Gasteiger charge is -2.74. The molecule has 1 aliphatic heterocycles. The van der Waals surface area contributed by atoms with E-state index in [4.69, 9.17) is 9.47 Å². The number of hydrogen-bond donors (Lipinski definition) is 1. The third kappa shape index (κ3) is 6.49. The minimum atomic E-state index is -0.257. The van der Waals surface area contributed by atoms with Crippen LogP contribution in [0.1, 0.15) is 204 Å². The molecule has 13 atom stereocenters. The Morgan fingerprint density at radius 2 is 1.30 bits per heavy atom. The number of aliphatic hydroxyl groups excluding tert-OH is 1. The van der Waals surface area contributed by atoms with E-state index in [-0.39, 0.29) is 50.9 Å². The number of ether oxygens (including phenoxy) is 2. The van der Waals surface area contributed by atoms with E-state index in [1.165, 1.54) is 96.3 Å². The van der Waals surface area contributed by atoms with Crippen molar-refractivity contribution in [3.8, 4) is 0 Å². The molecule has 0 radical (unpaired) electrons. The zero-order chi connectivity index (χ0) is 36.2. The fourth-order valence-corrected chi connectivity index (χ4v) is 14.8. The Hall–Kier alpha value is -0.610. The van der Waals surface area contributed by atoms with E-state index in [9.17, 15) is 9.90 Å². The van der Waals surface area contributed by atoms with Crippen LogP contribution in [0.4, 0.5) is 0 Å². The highest BCUT2D eigenvalue weighted by molar-refractivity contribution is 5.69. The van der Waals surface area contributed by atoms with E-state index < -0.39 is 0 Å². The van der Waals surface area contributed by atoms with Crippen LogP contribution in [-0.2, 0) is 14.3 Å². The summed E-state index contributed by atoms with van der Waals surface area (Å²) in [6.07, 6.45) is 27.1. The van der Waals surface area contributed by atoms with E-state index in [0.717, 1.165) is 38.5 Å². The summed E-state index contributed by atoms with van der Waals surface area (Å²) in [5.74, 6) is 2.89. The van der Waals surface area contributed by atoms with Crippen LogP contribution in [0.3, 0.4) is 0 Å². The van der Waals surface area contributed by atoms with Crippen LogP contribution in [0.2, 0.25) is 0 Å². The number of esters is 1. The molecule has 50 heavy (non-hydrogen) atoms. The zero-order valence-electron chi connectivity index (χ0n) is 34.3. The van der Waals surface area contributed by atoms with E-state index in [0.29, 0.717) is 42.1 Å². The van der Waals surface area contributed by atoms with Gasteiger partial charge in [-0.05, 0) is 116 Å². The number of epoxide rings is 1. The lowest BCUT2D eigenvalue weighted by Crippen LogP contribution is -2.70. The molecule has 1 saturated heterocycles. The number of carbonyl (C=O) groups is 1. The van der Waals surface area contributed by atoms with Gasteiger partial charge >= 0.3 is 5.97 Å². The first-order valence-corrected chi connectivity index (χ1v) is 22.1. The van der Waals surface area contributed by atoms with Crippen molar-refractivity contribution in [3.05, 3.63) is 0 Å². The third-order valence-electron chi connectivity index (χ3n) is 18.3. The summed E-state index contributed by atoms with van der Waals surface area (Å²) < 4.78 is 12.8. The maximum atomic E-state index is 13.2. The molecule has 4 nitrogen and oxygen atoms in total. The largest absolute Gasteiger partial charge is 0.462 e. The summed E-state index contributed by atoms with van der Waals surface area (Å²) in [7, 11) is 0. The summed E-state index contributed by atoms with van der Waals surface area (Å²) in [6.45, 7) is 22.3. The topological polar surface area (TPSA) is 59.1 Å². The maximum Gasteiger partial charge on any atom is 0.306 e. The quantitative estimate of drug-likeness (QED) is 0.105. The molecule has 0 aromatic carbocycles. The molecule has 0 aromatic rings. The molecule has 6 aliphatic rings. The first-order valence-electron chi connectivity index (χ1n) is 22.1. The van der Waals surface area contributed by atoms with Gasteiger partial charge in [0.05, 0.1) is 17.8 Å². The van der Waals surface area contributed by atoms with Gasteiger partial charge in [-0.15, -0.1) is 0 Å². The maximum absolute atomic E-state index is 13.2. The average Bonchev–Trinajstić information content (AvgIpc) is 3.72. The van der Waals surface area contributed by atoms with Gasteiger partial charge < -0.3 is 14.6 Å². The van der Waals surface area contributed by atoms with Gasteiger partial charge in [0.25, 0.3) is 0 Å². The highest BCUT2D eigenvalue weighted by Crippen LogP contribution is 2.78. The van der Waals surface area contributed by atoms with Gasteiger partial charge in [0.15, 0.2) is 0 Å². The van der Waals surface area contributed by atoms with Crippen molar-refractivity contribution in [2.45, 2.75) is 227 Å². The zero-order valence-corrected chi connectivity index (χ0v) is 34.3. The molecule has 4 heteroatoms. The third-order valence-corrected chi connectivity index (χ3v) is 18.3. The van der Waals surface area contributed by atoms with Gasteiger partial charge in [0, 0.05) is 11.8 Å². The molecule has 0 unspecified atom stereocenters. The molecular weight excluding hydrogens is 617 g/mol. The first-order chi connectivity index (χ1) is 23.6. The van der Waals surface area contributed by atoms with Crippen molar-refractivity contribution in [3.63, 3.8) is 0 Å². The molecule has 288 valence electrons. The smallest absolute Gasteiger partial charge is 0.306 e. The van der Waals surface area contributed by atoms with E-state index in [1.807, 2.05) is 0 Å². The second kappa shape index (κ2) is 14.6. The molecule has 6 rings (SSSR count). The van der Waals surface area contributed by atoms with Crippen molar-refractivity contribution in [2.75, 3.05) is 0 Å². The molecule has 1 N–H and O–H groups in total. The van der Waals surface area contributed by atoms with Crippen molar-refractivity contribution in [1.82, 2.24) is 0 Å². The molecule has 0 aromatic heterocycles. The van der Waals surface area contributed by atoms with Crippen LogP contribution in [0.5, 0.6) is 0 Å². The normalized spacial score (nSPS) is 47.2. The van der Waals surface area contributed by atoms with Gasteiger partial charge in [-0.25, -0.2) is 0 Å². The Morgan fingerprint density at radius 3 is 1.92 bits per heavy atom. The summed E-state index contributed by atoms with van der Waals surface area (Å²) in [6, 6.07) is 0. The summed E-state index contributed by atoms with van der Waals surface area (Å²) in [4.78, 5) is 13.2. The highest BCUT2D eigenvalue weighted by atomic mass is 16.6. The summed E-state index contributed by atoms with van der Waals surface area (Å²) in [5, 5.41) is 12.1. The standard InChI is InChI=1S/C46H80O4/c1-10-11-12-13-14-15-16-17-18-19-20-21-22-23-39(48)49-37-27-28-42(5)34(41(37,3)4)26-29-44(7)35(42)25-24-33-40-32(2)46(9)38(50-46)31-43(40,6)36(47)30-45(33,44)8/h32-38,40,47H,10-31H2,1-9H3/t32-,33+,34-,35+,36-,37-,38+,40+,42-,43+,44+,45+,46-/m0/s1. The lowest BCUT2D eigenvalue weighted by molar-refractivity contribution is -0.273. The Morgan fingerprint density at radius 1 is 0.700 bits per heavy atom. The van der Waals surface area contributed by atoms with E-state index >= 15 is 0 Å². The van der Waals surface area contributed by atoms with Crippen molar-refractivity contribution in [1.29, 1.82) is 0 Å². The Labute approximate surface area is 308 Å². The molecule has 0 amide bonds. The van der Waals surface area contributed by atoms with Crippen LogP contribution in [-0.4, -0.2) is 35.0 Å². The second-order valence-electron chi connectivity index (χ2n) is 21.0. The van der Waals surface area contributed by atoms with Gasteiger partial charge in [-0.3, -0.25) is 4.79 Å². The SMILES string of the molecule is CCCCCCCCCCCCCCCC(=O)O[C@H]1CC[C@]2(C)[C@H]3CC[C@@H]4[C@H]5[C@H](C)[C@]6(C)O[C@@H]6C[C@]5(C)[C@@H](O)C[C@@]4(C)[C@]3(C)CC[C@H]2C1(C)C. The minimum absolute atomic E-state index is 0.00998. The van der Waals surface area contributed by atoms with Crippen LogP contribution in [0, 0.1) is 56.7 Å². The monoisotopic (exact) mass is 697 g/mol. The Bertz CT molecular complexity index is 1180. The van der Waals surface area contributed by atoms with Crippen molar-refractivity contribution < 1.29 is 19.4 Å². The van der Waals surface area contributed by atoms with Crippen LogP contribution in [0.15, 0.2) is 0 Å². The highest BCUT2D eigenvalue weighted by Gasteiger charge is 2.75. The molecule has 1 heterocycles. The second-order valence-corrected chi connectivity index (χ2v) is 21.0. The van der Waals surface area contributed by atoms with Crippen LogP contribution >= 0.6 is 0 Å². The molecule has 5 aliphatic carbocycles. The molecule has 6 fully saturated rings. The van der Waals surface area contributed by atoms with E-state index in [2.05, 4.69) is 62.3 Å². The number of carbonyl (C=O) groups excluding carboxylic acids is 1. The summed E-state index contributed by atoms with van der Waals surface area (Å²) >= 11 is 0. The molecule has 5 saturated carbocycles. The van der Waals surface area contributed by atoms with Gasteiger partial charge in [0.1, 0.15) is 6.10 Å². The number of fused-ring (bicyclic) bond motifs is 8. The number of unbranched alkanes of at least 4 members (excludes halogenated alkanes) is 12. The Balaban J connectivity index is 1.01. The summed E-state index contributed by atoms with van der Waals surface area (Å²) in [5.41, 5.74) is 0.526. The fraction of sp³-hybridized carbons (Fsp3) is 0.978. The average molecular weight is 697 g/mol. The molecule has 0 bridgehead atoms. The van der Waals surface area contributed by atoms with Gasteiger partial charge in [0.2, 0.25) is 0 Å². The van der Waals surface area contributed by atoms with Gasteiger partial charge in [-0.2, -0.15) is 0 Å². The molecule has 0 spiro atoms. The molecular formula is C46H80O4. The van der Waals surface area contributed by atoms with E-state index in [1.54, 1.807) is 0 Å². The predicted molar refractivity (Wildman–Crippen MR) is 206 cm³/mol. The van der Waals surface area contributed by atoms with Crippen LogP contribution < -0.4 is 0 Å². The predicted octanol–water partition coefficient (Wildman–Crippen LogP) is 12.2. The van der Waals surface area contributed by atoms with Crippen LogP contribution in [0.25, 0.3) is 0 Å². The number of rotatable bonds is 15. The fourth-order valence-electron chi connectivity index (χ4n) is 14.8. The lowest BCUT2D eigenvalue weighted by atomic mass is 9.31. The van der Waals surface area contributed by atoms with Crippen molar-refractivity contribution in [2.24, 2.45) is 56.7 Å². The Kier molecular flexibility index (Phi) is 11.4. The number of hydrogen-bond acceptors (Lipinski definition) is 4. The first kappa shape index (κ1) is 39.1. The number of aliphatic hydroxyl groups is 1. The van der Waals surface area contributed by atoms with Gasteiger partial charge in [-0.1, -0.05) is 132 Å². The van der Waals surface area contributed by atoms with Crippen molar-refractivity contribution >= 4 is 5.97 Å².